The molecule has 0 aliphatic heterocycles. The number of hydrogen-bond donors (Lipinski definition) is 1. The van der Waals surface area contributed by atoms with Crippen molar-refractivity contribution in [1.29, 1.82) is 0 Å². The summed E-state index contributed by atoms with van der Waals surface area (Å²) >= 11 is 0. The van der Waals surface area contributed by atoms with Crippen molar-refractivity contribution < 1.29 is 9.15 Å². The van der Waals surface area contributed by atoms with Crippen LogP contribution in [0.3, 0.4) is 0 Å². The first-order valence-corrected chi connectivity index (χ1v) is 6.31. The molecule has 0 unspecified atom stereocenters. The van der Waals surface area contributed by atoms with Gasteiger partial charge in [0.1, 0.15) is 17.3 Å². The molecule has 1 N–H and O–H groups in total. The Morgan fingerprint density at radius 3 is 2.94 bits per heavy atom. The molecule has 1 aromatic carbocycles. The summed E-state index contributed by atoms with van der Waals surface area (Å²) in [5, 5.41) is 3.44. The summed E-state index contributed by atoms with van der Waals surface area (Å²) in [6.45, 7) is 0.814. The second kappa shape index (κ2) is 4.86. The summed E-state index contributed by atoms with van der Waals surface area (Å²) in [7, 11) is 1.67. The summed E-state index contributed by atoms with van der Waals surface area (Å²) in [6.07, 6.45) is 2.59. The molecule has 0 spiro atoms. The molecule has 2 aromatic rings. The average molecular weight is 243 g/mol. The van der Waals surface area contributed by atoms with Crippen LogP contribution in [0.4, 0.5) is 0 Å². The Balaban J connectivity index is 1.74. The number of hydrogen-bond acceptors (Lipinski definition) is 3. The van der Waals surface area contributed by atoms with Gasteiger partial charge in [-0.3, -0.25) is 0 Å². The summed E-state index contributed by atoms with van der Waals surface area (Å²) in [5.74, 6) is 2.72. The first-order valence-electron chi connectivity index (χ1n) is 6.31. The van der Waals surface area contributed by atoms with Gasteiger partial charge < -0.3 is 14.5 Å². The number of rotatable bonds is 5. The van der Waals surface area contributed by atoms with Crippen molar-refractivity contribution in [3.05, 3.63) is 42.2 Å². The van der Waals surface area contributed by atoms with Crippen molar-refractivity contribution in [3.63, 3.8) is 0 Å². The van der Waals surface area contributed by atoms with E-state index in [-0.39, 0.29) is 0 Å². The van der Waals surface area contributed by atoms with Crippen molar-refractivity contribution >= 4 is 0 Å². The first kappa shape index (κ1) is 11.4. The van der Waals surface area contributed by atoms with Crippen molar-refractivity contribution in [3.8, 4) is 17.1 Å². The molecule has 1 saturated carbocycles. The van der Waals surface area contributed by atoms with Crippen LogP contribution in [0.15, 0.2) is 40.8 Å². The van der Waals surface area contributed by atoms with Crippen molar-refractivity contribution in [1.82, 2.24) is 5.32 Å². The van der Waals surface area contributed by atoms with Crippen LogP contribution < -0.4 is 10.1 Å². The number of ether oxygens (including phenoxy) is 1. The molecule has 1 aliphatic carbocycles. The Hall–Kier alpha value is -1.74. The van der Waals surface area contributed by atoms with E-state index in [9.17, 15) is 0 Å². The van der Waals surface area contributed by atoms with Crippen LogP contribution in [0.1, 0.15) is 18.6 Å². The third-order valence-corrected chi connectivity index (χ3v) is 3.16. The second-order valence-electron chi connectivity index (χ2n) is 4.65. The fraction of sp³-hybridized carbons (Fsp3) is 0.333. The summed E-state index contributed by atoms with van der Waals surface area (Å²) in [5.41, 5.74) is 1.05. The highest BCUT2D eigenvalue weighted by Crippen LogP contribution is 2.26. The molecule has 3 rings (SSSR count). The topological polar surface area (TPSA) is 34.4 Å². The third kappa shape index (κ3) is 2.57. The van der Waals surface area contributed by atoms with Crippen LogP contribution in [-0.4, -0.2) is 13.2 Å². The standard InChI is InChI=1S/C15H17NO2/c1-17-13-4-2-3-11(9-13)15-8-7-14(18-15)10-16-12-5-6-12/h2-4,7-9,12,16H,5-6,10H2,1H3. The number of furan rings is 1. The van der Waals surface area contributed by atoms with E-state index in [0.717, 1.165) is 29.4 Å². The van der Waals surface area contributed by atoms with E-state index >= 15 is 0 Å². The number of nitrogens with one attached hydrogen (secondary N) is 1. The molecule has 0 radical (unpaired) electrons. The van der Waals surface area contributed by atoms with Gasteiger partial charge >= 0.3 is 0 Å². The lowest BCUT2D eigenvalue weighted by Crippen LogP contribution is -2.14. The minimum absolute atomic E-state index is 0.704. The van der Waals surface area contributed by atoms with Crippen LogP contribution in [0.5, 0.6) is 5.75 Å². The highest BCUT2D eigenvalue weighted by atomic mass is 16.5. The molecule has 0 atom stereocenters. The van der Waals surface area contributed by atoms with Gasteiger partial charge in [0.25, 0.3) is 0 Å². The van der Waals surface area contributed by atoms with Gasteiger partial charge in [0.05, 0.1) is 13.7 Å². The molecular weight excluding hydrogens is 226 g/mol. The van der Waals surface area contributed by atoms with Crippen molar-refractivity contribution in [2.24, 2.45) is 0 Å². The van der Waals surface area contributed by atoms with Crippen molar-refractivity contribution in [2.45, 2.75) is 25.4 Å². The van der Waals surface area contributed by atoms with Gasteiger partial charge in [-0.1, -0.05) is 12.1 Å². The van der Waals surface area contributed by atoms with Gasteiger partial charge in [-0.2, -0.15) is 0 Å². The maximum atomic E-state index is 5.83. The lowest BCUT2D eigenvalue weighted by atomic mass is 10.2. The van der Waals surface area contributed by atoms with Gasteiger partial charge in [0.15, 0.2) is 0 Å². The van der Waals surface area contributed by atoms with E-state index in [1.165, 1.54) is 12.8 Å². The second-order valence-corrected chi connectivity index (χ2v) is 4.65. The van der Waals surface area contributed by atoms with E-state index in [1.54, 1.807) is 7.11 Å². The van der Waals surface area contributed by atoms with Gasteiger partial charge in [0, 0.05) is 11.6 Å². The fourth-order valence-electron chi connectivity index (χ4n) is 1.94. The van der Waals surface area contributed by atoms with Crippen LogP contribution in [0.25, 0.3) is 11.3 Å². The first-order chi connectivity index (χ1) is 8.85. The molecule has 18 heavy (non-hydrogen) atoms. The normalized spacial score (nSPS) is 14.7. The molecule has 0 bridgehead atoms. The molecule has 1 aliphatic rings. The monoisotopic (exact) mass is 243 g/mol. The lowest BCUT2D eigenvalue weighted by molar-refractivity contribution is 0.414. The molecule has 1 aromatic heterocycles. The van der Waals surface area contributed by atoms with E-state index in [0.29, 0.717) is 6.04 Å². The quantitative estimate of drug-likeness (QED) is 0.875. The summed E-state index contributed by atoms with van der Waals surface area (Å²) in [6, 6.07) is 12.7. The largest absolute Gasteiger partial charge is 0.497 e. The van der Waals surface area contributed by atoms with E-state index in [4.69, 9.17) is 9.15 Å². The SMILES string of the molecule is COc1cccc(-c2ccc(CNC3CC3)o2)c1. The molecule has 0 amide bonds. The molecule has 1 fully saturated rings. The fourth-order valence-corrected chi connectivity index (χ4v) is 1.94. The van der Waals surface area contributed by atoms with Crippen molar-refractivity contribution in [2.75, 3.05) is 7.11 Å². The Morgan fingerprint density at radius 1 is 1.28 bits per heavy atom. The van der Waals surface area contributed by atoms with Gasteiger partial charge in [-0.25, -0.2) is 0 Å². The Morgan fingerprint density at radius 2 is 2.17 bits per heavy atom. The van der Waals surface area contributed by atoms with E-state index in [1.807, 2.05) is 36.4 Å². The Labute approximate surface area is 107 Å². The maximum Gasteiger partial charge on any atom is 0.134 e. The molecule has 0 saturated heterocycles. The van der Waals surface area contributed by atoms with Gasteiger partial charge in [-0.15, -0.1) is 0 Å². The van der Waals surface area contributed by atoms with Crippen LogP contribution in [-0.2, 0) is 6.54 Å². The molecule has 3 heteroatoms. The zero-order valence-electron chi connectivity index (χ0n) is 10.5. The van der Waals surface area contributed by atoms with Crippen LogP contribution in [0, 0.1) is 0 Å². The Bertz CT molecular complexity index is 529. The lowest BCUT2D eigenvalue weighted by Gasteiger charge is -2.02. The number of benzene rings is 1. The van der Waals surface area contributed by atoms with Crippen LogP contribution >= 0.6 is 0 Å². The highest BCUT2D eigenvalue weighted by Gasteiger charge is 2.20. The maximum absolute atomic E-state index is 5.83. The molecule has 1 heterocycles. The third-order valence-electron chi connectivity index (χ3n) is 3.16. The highest BCUT2D eigenvalue weighted by molar-refractivity contribution is 5.59. The van der Waals surface area contributed by atoms with Gasteiger partial charge in [0.2, 0.25) is 0 Å². The zero-order chi connectivity index (χ0) is 12.4. The minimum atomic E-state index is 0.704. The number of methoxy groups -OCH3 is 1. The summed E-state index contributed by atoms with van der Waals surface area (Å²) in [4.78, 5) is 0. The smallest absolute Gasteiger partial charge is 0.134 e. The molecule has 3 nitrogen and oxygen atoms in total. The zero-order valence-corrected chi connectivity index (χ0v) is 10.5. The Kier molecular flexibility index (Phi) is 3.07. The predicted octanol–water partition coefficient (Wildman–Crippen LogP) is 3.21. The van der Waals surface area contributed by atoms with Crippen LogP contribution in [0.2, 0.25) is 0 Å². The molecule has 94 valence electrons. The molecular formula is C15H17NO2. The van der Waals surface area contributed by atoms with Gasteiger partial charge in [-0.05, 0) is 37.1 Å². The average Bonchev–Trinajstić information content (AvgIpc) is 3.13. The van der Waals surface area contributed by atoms with E-state index in [2.05, 4.69) is 5.32 Å². The minimum Gasteiger partial charge on any atom is -0.497 e. The van der Waals surface area contributed by atoms with E-state index < -0.39 is 0 Å². The predicted molar refractivity (Wildman–Crippen MR) is 70.6 cm³/mol. The summed E-state index contributed by atoms with van der Waals surface area (Å²) < 4.78 is 11.0.